The Morgan fingerprint density at radius 2 is 1.76 bits per heavy atom. The molecule has 2 aliphatic heterocycles. The van der Waals surface area contributed by atoms with Gasteiger partial charge in [0.1, 0.15) is 17.1 Å². The van der Waals surface area contributed by atoms with Gasteiger partial charge < -0.3 is 14.4 Å². The highest BCUT2D eigenvalue weighted by Crippen LogP contribution is 2.40. The number of methoxy groups -OCH3 is 1. The van der Waals surface area contributed by atoms with Crippen LogP contribution in [0.15, 0.2) is 48.5 Å². The van der Waals surface area contributed by atoms with E-state index in [1.165, 1.54) is 11.1 Å². The van der Waals surface area contributed by atoms with Crippen LogP contribution in [0.2, 0.25) is 0 Å². The van der Waals surface area contributed by atoms with E-state index in [-0.39, 0.29) is 18.0 Å². The first kappa shape index (κ1) is 18.1. The van der Waals surface area contributed by atoms with Crippen molar-refractivity contribution in [2.75, 3.05) is 26.7 Å². The number of hydrogen-bond donors (Lipinski definition) is 0. The number of nitrogens with zero attached hydrogens (tertiary/aromatic N) is 1. The van der Waals surface area contributed by atoms with Crippen LogP contribution in [0, 0.1) is 0 Å². The fourth-order valence-electron chi connectivity index (χ4n) is 3.91. The number of hydrogen-bond acceptors (Lipinski definition) is 3. The fourth-order valence-corrected chi connectivity index (χ4v) is 3.91. The SMILES string of the molecule is COc1ccc(CCN2CCC3(CC2)Cc2ccccc2O3)cc1.Cl. The van der Waals surface area contributed by atoms with Crippen LogP contribution in [0.3, 0.4) is 0 Å². The molecule has 2 aromatic carbocycles. The number of para-hydroxylation sites is 1. The van der Waals surface area contributed by atoms with E-state index in [0.717, 1.165) is 56.8 Å². The van der Waals surface area contributed by atoms with Crippen molar-refractivity contribution in [3.8, 4) is 11.5 Å². The molecule has 3 nitrogen and oxygen atoms in total. The highest BCUT2D eigenvalue weighted by Gasteiger charge is 2.41. The number of halogens is 1. The lowest BCUT2D eigenvalue weighted by Gasteiger charge is -2.38. The van der Waals surface area contributed by atoms with E-state index in [1.807, 2.05) is 12.1 Å². The number of rotatable bonds is 4. The zero-order valence-electron chi connectivity index (χ0n) is 14.7. The van der Waals surface area contributed by atoms with Crippen LogP contribution in [0.25, 0.3) is 0 Å². The van der Waals surface area contributed by atoms with Gasteiger partial charge in [0.05, 0.1) is 7.11 Å². The predicted octanol–water partition coefficient (Wildman–Crippen LogP) is 4.13. The average molecular weight is 360 g/mol. The second kappa shape index (κ2) is 7.67. The summed E-state index contributed by atoms with van der Waals surface area (Å²) in [5.41, 5.74) is 2.81. The van der Waals surface area contributed by atoms with Gasteiger partial charge in [0.25, 0.3) is 0 Å². The second-order valence-corrected chi connectivity index (χ2v) is 7.01. The molecule has 0 amide bonds. The maximum Gasteiger partial charge on any atom is 0.123 e. The van der Waals surface area contributed by atoms with Crippen LogP contribution < -0.4 is 9.47 Å². The van der Waals surface area contributed by atoms with E-state index in [9.17, 15) is 0 Å². The highest BCUT2D eigenvalue weighted by molar-refractivity contribution is 5.85. The highest BCUT2D eigenvalue weighted by atomic mass is 35.5. The van der Waals surface area contributed by atoms with Crippen LogP contribution in [0.5, 0.6) is 11.5 Å². The fraction of sp³-hybridized carbons (Fsp3) is 0.429. The van der Waals surface area contributed by atoms with E-state index >= 15 is 0 Å². The maximum absolute atomic E-state index is 6.33. The zero-order valence-corrected chi connectivity index (χ0v) is 15.6. The molecule has 4 heteroatoms. The molecule has 0 saturated carbocycles. The van der Waals surface area contributed by atoms with Gasteiger partial charge in [-0.3, -0.25) is 0 Å². The van der Waals surface area contributed by atoms with Crippen molar-refractivity contribution in [1.82, 2.24) is 4.90 Å². The van der Waals surface area contributed by atoms with Crippen molar-refractivity contribution >= 4 is 12.4 Å². The Labute approximate surface area is 156 Å². The van der Waals surface area contributed by atoms with Crippen LogP contribution in [0.4, 0.5) is 0 Å². The van der Waals surface area contributed by atoms with E-state index < -0.39 is 0 Å². The molecule has 0 radical (unpaired) electrons. The van der Waals surface area contributed by atoms with Crippen LogP contribution >= 0.6 is 12.4 Å². The quantitative estimate of drug-likeness (QED) is 0.819. The summed E-state index contributed by atoms with van der Waals surface area (Å²) < 4.78 is 11.6. The summed E-state index contributed by atoms with van der Waals surface area (Å²) in [7, 11) is 1.71. The minimum atomic E-state index is 0. The van der Waals surface area contributed by atoms with E-state index in [0.29, 0.717) is 0 Å². The molecule has 134 valence electrons. The Balaban J connectivity index is 0.00000182. The van der Waals surface area contributed by atoms with Crippen molar-refractivity contribution in [3.05, 3.63) is 59.7 Å². The lowest BCUT2D eigenvalue weighted by atomic mass is 9.87. The van der Waals surface area contributed by atoms with Gasteiger partial charge in [-0.05, 0) is 35.7 Å². The third-order valence-corrected chi connectivity index (χ3v) is 5.45. The van der Waals surface area contributed by atoms with Crippen molar-refractivity contribution in [2.45, 2.75) is 31.3 Å². The number of piperidine rings is 1. The van der Waals surface area contributed by atoms with Gasteiger partial charge in [-0.15, -0.1) is 12.4 Å². The number of ether oxygens (including phenoxy) is 2. The molecule has 0 atom stereocenters. The summed E-state index contributed by atoms with van der Waals surface area (Å²) in [5, 5.41) is 0. The molecule has 1 spiro atoms. The average Bonchev–Trinajstić information content (AvgIpc) is 2.99. The Morgan fingerprint density at radius 3 is 2.44 bits per heavy atom. The maximum atomic E-state index is 6.33. The Bertz CT molecular complexity index is 666. The lowest BCUT2D eigenvalue weighted by molar-refractivity contribution is 0.0198. The number of fused-ring (bicyclic) bond motifs is 1. The molecule has 4 rings (SSSR count). The molecule has 25 heavy (non-hydrogen) atoms. The second-order valence-electron chi connectivity index (χ2n) is 7.01. The molecule has 2 aromatic rings. The molecule has 1 fully saturated rings. The van der Waals surface area contributed by atoms with E-state index in [1.54, 1.807) is 7.11 Å². The Kier molecular flexibility index (Phi) is 5.55. The third-order valence-electron chi connectivity index (χ3n) is 5.45. The van der Waals surface area contributed by atoms with E-state index in [2.05, 4.69) is 41.3 Å². The molecule has 0 aliphatic carbocycles. The van der Waals surface area contributed by atoms with Crippen molar-refractivity contribution in [2.24, 2.45) is 0 Å². The van der Waals surface area contributed by atoms with Gasteiger partial charge in [-0.1, -0.05) is 30.3 Å². The summed E-state index contributed by atoms with van der Waals surface area (Å²) >= 11 is 0. The topological polar surface area (TPSA) is 21.7 Å². The molecule has 0 aromatic heterocycles. The summed E-state index contributed by atoms with van der Waals surface area (Å²) in [5.74, 6) is 2.03. The van der Waals surface area contributed by atoms with Gasteiger partial charge in [-0.25, -0.2) is 0 Å². The van der Waals surface area contributed by atoms with Gasteiger partial charge in [-0.2, -0.15) is 0 Å². The largest absolute Gasteiger partial charge is 0.497 e. The molecule has 0 bridgehead atoms. The van der Waals surface area contributed by atoms with Crippen LogP contribution in [0.1, 0.15) is 24.0 Å². The van der Waals surface area contributed by atoms with Gasteiger partial charge in [0.15, 0.2) is 0 Å². The van der Waals surface area contributed by atoms with Crippen LogP contribution in [-0.2, 0) is 12.8 Å². The molecule has 2 aliphatic rings. The van der Waals surface area contributed by atoms with Gasteiger partial charge in [0, 0.05) is 38.9 Å². The van der Waals surface area contributed by atoms with Gasteiger partial charge in [0.2, 0.25) is 0 Å². The molecule has 0 unspecified atom stereocenters. The smallest absolute Gasteiger partial charge is 0.123 e. The molecule has 0 N–H and O–H groups in total. The standard InChI is InChI=1S/C21H25NO2.ClH/c1-23-19-8-6-17(7-9-19)10-13-22-14-11-21(12-15-22)16-18-4-2-3-5-20(18)24-21;/h2-9H,10-16H2,1H3;1H. The van der Waals surface area contributed by atoms with Crippen molar-refractivity contribution < 1.29 is 9.47 Å². The summed E-state index contributed by atoms with van der Waals surface area (Å²) in [6.45, 7) is 3.38. The van der Waals surface area contributed by atoms with Crippen molar-refractivity contribution in [1.29, 1.82) is 0 Å². The Morgan fingerprint density at radius 1 is 1.04 bits per heavy atom. The number of benzene rings is 2. The summed E-state index contributed by atoms with van der Waals surface area (Å²) in [6, 6.07) is 16.9. The minimum Gasteiger partial charge on any atom is -0.497 e. The van der Waals surface area contributed by atoms with Crippen molar-refractivity contribution in [3.63, 3.8) is 0 Å². The summed E-state index contributed by atoms with van der Waals surface area (Å²) in [4.78, 5) is 2.57. The van der Waals surface area contributed by atoms with Gasteiger partial charge >= 0.3 is 0 Å². The minimum absolute atomic E-state index is 0. The monoisotopic (exact) mass is 359 g/mol. The molecule has 1 saturated heterocycles. The Hall–Kier alpha value is -1.71. The lowest BCUT2D eigenvalue weighted by Crippen LogP contribution is -2.47. The summed E-state index contributed by atoms with van der Waals surface area (Å²) in [6.07, 6.45) is 4.43. The van der Waals surface area contributed by atoms with Crippen LogP contribution in [-0.4, -0.2) is 37.2 Å². The molecule has 2 heterocycles. The first-order chi connectivity index (χ1) is 11.8. The third kappa shape index (κ3) is 3.94. The molecular weight excluding hydrogens is 334 g/mol. The first-order valence-electron chi connectivity index (χ1n) is 8.89. The molecular formula is C21H26ClNO2. The predicted molar refractivity (Wildman–Crippen MR) is 103 cm³/mol. The normalized spacial score (nSPS) is 18.3. The zero-order chi connectivity index (χ0) is 16.4. The van der Waals surface area contributed by atoms with E-state index in [4.69, 9.17) is 9.47 Å². The first-order valence-corrected chi connectivity index (χ1v) is 8.89. The number of likely N-dealkylation sites (tertiary alicyclic amines) is 1.